The van der Waals surface area contributed by atoms with Gasteiger partial charge in [-0.1, -0.05) is 0 Å². The van der Waals surface area contributed by atoms with Crippen molar-refractivity contribution in [3.8, 4) is 0 Å². The monoisotopic (exact) mass is 280 g/mol. The van der Waals surface area contributed by atoms with Crippen LogP contribution in [-0.2, 0) is 9.84 Å². The molecule has 1 amide bonds. The maximum absolute atomic E-state index is 12.5. The molecule has 2 aliphatic rings. The van der Waals surface area contributed by atoms with E-state index in [0.29, 0.717) is 12.0 Å². The SMILES string of the molecule is O=C(c1cccnc1)N(C1CC1)C1CCS(=O)(=O)C1. The number of aromatic nitrogens is 1. The van der Waals surface area contributed by atoms with Crippen LogP contribution in [0.15, 0.2) is 24.5 Å². The van der Waals surface area contributed by atoms with Gasteiger partial charge in [0, 0.05) is 24.5 Å². The summed E-state index contributed by atoms with van der Waals surface area (Å²) >= 11 is 0. The molecular formula is C13H16N2O3S. The zero-order chi connectivity index (χ0) is 13.5. The molecule has 5 nitrogen and oxygen atoms in total. The van der Waals surface area contributed by atoms with Crippen LogP contribution >= 0.6 is 0 Å². The quantitative estimate of drug-likeness (QED) is 0.824. The van der Waals surface area contributed by atoms with E-state index >= 15 is 0 Å². The number of pyridine rings is 1. The molecule has 0 radical (unpaired) electrons. The van der Waals surface area contributed by atoms with Gasteiger partial charge in [0.1, 0.15) is 0 Å². The second-order valence-electron chi connectivity index (χ2n) is 5.24. The number of hydrogen-bond donors (Lipinski definition) is 0. The van der Waals surface area contributed by atoms with Crippen LogP contribution in [0.2, 0.25) is 0 Å². The second kappa shape index (κ2) is 4.59. The lowest BCUT2D eigenvalue weighted by atomic mass is 10.1. The fourth-order valence-electron chi connectivity index (χ4n) is 2.62. The zero-order valence-corrected chi connectivity index (χ0v) is 11.3. The Morgan fingerprint density at radius 2 is 2.05 bits per heavy atom. The lowest BCUT2D eigenvalue weighted by Gasteiger charge is -2.28. The molecule has 1 unspecified atom stereocenters. The van der Waals surface area contributed by atoms with Gasteiger partial charge in [0.2, 0.25) is 0 Å². The normalized spacial score (nSPS) is 25.2. The Bertz CT molecular complexity index is 581. The molecule has 102 valence electrons. The summed E-state index contributed by atoms with van der Waals surface area (Å²) in [6.07, 6.45) is 5.68. The molecule has 0 N–H and O–H groups in total. The summed E-state index contributed by atoms with van der Waals surface area (Å²) in [6, 6.07) is 3.51. The fourth-order valence-corrected chi connectivity index (χ4v) is 4.33. The third kappa shape index (κ3) is 2.63. The van der Waals surface area contributed by atoms with E-state index in [2.05, 4.69) is 4.98 Å². The van der Waals surface area contributed by atoms with E-state index in [1.54, 1.807) is 29.4 Å². The summed E-state index contributed by atoms with van der Waals surface area (Å²) in [5.41, 5.74) is 0.540. The minimum absolute atomic E-state index is 0.0855. The van der Waals surface area contributed by atoms with Gasteiger partial charge in [0.25, 0.3) is 5.91 Å². The van der Waals surface area contributed by atoms with Crippen molar-refractivity contribution in [2.24, 2.45) is 0 Å². The molecule has 19 heavy (non-hydrogen) atoms. The van der Waals surface area contributed by atoms with E-state index in [1.807, 2.05) is 0 Å². The largest absolute Gasteiger partial charge is 0.332 e. The molecule has 1 aromatic rings. The first-order valence-corrected chi connectivity index (χ1v) is 8.32. The van der Waals surface area contributed by atoms with Crippen molar-refractivity contribution in [1.82, 2.24) is 9.88 Å². The third-order valence-corrected chi connectivity index (χ3v) is 5.44. The van der Waals surface area contributed by atoms with Gasteiger partial charge in [0.15, 0.2) is 9.84 Å². The fraction of sp³-hybridized carbons (Fsp3) is 0.538. The van der Waals surface area contributed by atoms with E-state index in [0.717, 1.165) is 12.8 Å². The van der Waals surface area contributed by atoms with E-state index < -0.39 is 9.84 Å². The van der Waals surface area contributed by atoms with Crippen LogP contribution in [-0.4, -0.2) is 47.8 Å². The Kier molecular flexibility index (Phi) is 3.05. The van der Waals surface area contributed by atoms with Gasteiger partial charge in [0.05, 0.1) is 17.1 Å². The maximum Gasteiger partial charge on any atom is 0.255 e. The van der Waals surface area contributed by atoms with Crippen molar-refractivity contribution in [3.63, 3.8) is 0 Å². The lowest BCUT2D eigenvalue weighted by Crippen LogP contribution is -2.42. The predicted molar refractivity (Wildman–Crippen MR) is 70.5 cm³/mol. The highest BCUT2D eigenvalue weighted by atomic mass is 32.2. The Morgan fingerprint density at radius 1 is 1.26 bits per heavy atom. The summed E-state index contributed by atoms with van der Waals surface area (Å²) < 4.78 is 23.2. The highest BCUT2D eigenvalue weighted by Crippen LogP contribution is 2.33. The lowest BCUT2D eigenvalue weighted by molar-refractivity contribution is 0.0680. The summed E-state index contributed by atoms with van der Waals surface area (Å²) in [4.78, 5) is 18.3. The predicted octanol–water partition coefficient (Wildman–Crippen LogP) is 0.873. The van der Waals surface area contributed by atoms with Gasteiger partial charge in [-0.3, -0.25) is 9.78 Å². The Hall–Kier alpha value is -1.43. The number of amides is 1. The second-order valence-corrected chi connectivity index (χ2v) is 7.47. The van der Waals surface area contributed by atoms with Crippen molar-refractivity contribution in [3.05, 3.63) is 30.1 Å². The first kappa shape index (κ1) is 12.6. The Balaban J connectivity index is 1.84. The van der Waals surface area contributed by atoms with E-state index in [-0.39, 0.29) is 29.5 Å². The van der Waals surface area contributed by atoms with Gasteiger partial charge in [-0.15, -0.1) is 0 Å². The van der Waals surface area contributed by atoms with Crippen LogP contribution in [0.3, 0.4) is 0 Å². The molecule has 1 saturated carbocycles. The number of carbonyl (C=O) groups is 1. The molecule has 1 aliphatic carbocycles. The van der Waals surface area contributed by atoms with Crippen molar-refractivity contribution >= 4 is 15.7 Å². The highest BCUT2D eigenvalue weighted by molar-refractivity contribution is 7.91. The summed E-state index contributed by atoms with van der Waals surface area (Å²) in [5, 5.41) is 0. The van der Waals surface area contributed by atoms with Crippen LogP contribution in [0.5, 0.6) is 0 Å². The van der Waals surface area contributed by atoms with Crippen molar-refractivity contribution in [2.75, 3.05) is 11.5 Å². The number of hydrogen-bond acceptors (Lipinski definition) is 4. The molecule has 1 aromatic heterocycles. The molecule has 6 heteroatoms. The molecule has 2 fully saturated rings. The van der Waals surface area contributed by atoms with Crippen molar-refractivity contribution in [1.29, 1.82) is 0 Å². The van der Waals surface area contributed by atoms with Crippen LogP contribution in [0, 0.1) is 0 Å². The van der Waals surface area contributed by atoms with Gasteiger partial charge in [-0.2, -0.15) is 0 Å². The van der Waals surface area contributed by atoms with E-state index in [9.17, 15) is 13.2 Å². The minimum atomic E-state index is -2.97. The molecule has 0 aromatic carbocycles. The number of rotatable bonds is 3. The topological polar surface area (TPSA) is 67.3 Å². The zero-order valence-electron chi connectivity index (χ0n) is 10.5. The van der Waals surface area contributed by atoms with Gasteiger partial charge in [-0.05, 0) is 31.4 Å². The third-order valence-electron chi connectivity index (χ3n) is 3.69. The molecular weight excluding hydrogens is 264 g/mol. The van der Waals surface area contributed by atoms with E-state index in [1.165, 1.54) is 0 Å². The molecule has 3 rings (SSSR count). The molecule has 1 aliphatic heterocycles. The summed E-state index contributed by atoms with van der Waals surface area (Å²) in [7, 11) is -2.97. The van der Waals surface area contributed by atoms with Crippen LogP contribution in [0.25, 0.3) is 0 Å². The first-order chi connectivity index (χ1) is 9.07. The smallest absolute Gasteiger partial charge is 0.255 e. The molecule has 2 heterocycles. The minimum Gasteiger partial charge on any atom is -0.332 e. The molecule has 1 saturated heterocycles. The Labute approximate surface area is 112 Å². The first-order valence-electron chi connectivity index (χ1n) is 6.50. The average molecular weight is 280 g/mol. The van der Waals surface area contributed by atoms with Gasteiger partial charge < -0.3 is 4.90 Å². The van der Waals surface area contributed by atoms with Crippen LogP contribution in [0.1, 0.15) is 29.6 Å². The standard InChI is InChI=1S/C13H16N2O3S/c16-13(10-2-1-6-14-8-10)15(11-3-4-11)12-5-7-19(17,18)9-12/h1-2,6,8,11-12H,3-5,7,9H2. The highest BCUT2D eigenvalue weighted by Gasteiger charge is 2.42. The Morgan fingerprint density at radius 3 is 2.58 bits per heavy atom. The van der Waals surface area contributed by atoms with Crippen molar-refractivity contribution < 1.29 is 13.2 Å². The summed E-state index contributed by atoms with van der Waals surface area (Å²) in [5.74, 6) is 0.217. The average Bonchev–Trinajstić information content (AvgIpc) is 3.15. The molecule has 0 spiro atoms. The van der Waals surface area contributed by atoms with Crippen molar-refractivity contribution in [2.45, 2.75) is 31.3 Å². The van der Waals surface area contributed by atoms with Crippen LogP contribution < -0.4 is 0 Å². The number of sulfone groups is 1. The van der Waals surface area contributed by atoms with Gasteiger partial charge in [-0.25, -0.2) is 8.42 Å². The van der Waals surface area contributed by atoms with E-state index in [4.69, 9.17) is 0 Å². The molecule has 1 atom stereocenters. The van der Waals surface area contributed by atoms with Crippen LogP contribution in [0.4, 0.5) is 0 Å². The number of carbonyl (C=O) groups excluding carboxylic acids is 1. The summed E-state index contributed by atoms with van der Waals surface area (Å²) in [6.45, 7) is 0. The maximum atomic E-state index is 12.5. The van der Waals surface area contributed by atoms with Gasteiger partial charge >= 0.3 is 0 Å². The number of nitrogens with zero attached hydrogens (tertiary/aromatic N) is 2. The molecule has 0 bridgehead atoms.